The summed E-state index contributed by atoms with van der Waals surface area (Å²) in [7, 11) is 0. The second-order valence-corrected chi connectivity index (χ2v) is 6.16. The van der Waals surface area contributed by atoms with E-state index in [0.29, 0.717) is 6.04 Å². The molecule has 118 valence electrons. The monoisotopic (exact) mass is 289 g/mol. The molecule has 0 aliphatic heterocycles. The lowest BCUT2D eigenvalue weighted by molar-refractivity contribution is 0.124. The summed E-state index contributed by atoms with van der Waals surface area (Å²) in [6.07, 6.45) is 7.48. The molecular weight excluding hydrogens is 258 g/mol. The third-order valence-electron chi connectivity index (χ3n) is 4.46. The Morgan fingerprint density at radius 1 is 1.14 bits per heavy atom. The van der Waals surface area contributed by atoms with Crippen LogP contribution < -0.4 is 5.32 Å². The molecule has 2 heteroatoms. The summed E-state index contributed by atoms with van der Waals surface area (Å²) >= 11 is 0. The molecule has 1 aliphatic carbocycles. The zero-order valence-electron chi connectivity index (χ0n) is 13.7. The van der Waals surface area contributed by atoms with Crippen LogP contribution >= 0.6 is 0 Å². The van der Waals surface area contributed by atoms with E-state index in [-0.39, 0.29) is 0 Å². The van der Waals surface area contributed by atoms with Crippen LogP contribution in [0, 0.1) is 0 Å². The van der Waals surface area contributed by atoms with Gasteiger partial charge in [0.05, 0.1) is 0 Å². The lowest BCUT2D eigenvalue weighted by atomic mass is 9.77. The predicted molar refractivity (Wildman–Crippen MR) is 89.8 cm³/mol. The minimum absolute atomic E-state index is 0.443. The first-order valence-corrected chi connectivity index (χ1v) is 8.76. The lowest BCUT2D eigenvalue weighted by Crippen LogP contribution is -2.26. The van der Waals surface area contributed by atoms with Gasteiger partial charge in [-0.1, -0.05) is 44.5 Å². The van der Waals surface area contributed by atoms with Gasteiger partial charge in [-0.3, -0.25) is 0 Å². The molecule has 1 aromatic rings. The molecule has 21 heavy (non-hydrogen) atoms. The van der Waals surface area contributed by atoms with Crippen LogP contribution in [-0.2, 0) is 4.74 Å². The summed E-state index contributed by atoms with van der Waals surface area (Å²) in [5, 5.41) is 3.73. The van der Waals surface area contributed by atoms with Gasteiger partial charge in [0, 0.05) is 19.3 Å². The molecule has 0 amide bonds. The SMILES string of the molecule is CCCNC(CCOCCC)c1ccccc1C1CCC1. The number of hydrogen-bond acceptors (Lipinski definition) is 2. The van der Waals surface area contributed by atoms with E-state index in [0.717, 1.165) is 38.5 Å². The van der Waals surface area contributed by atoms with Gasteiger partial charge in [0.1, 0.15) is 0 Å². The number of ether oxygens (including phenoxy) is 1. The Hall–Kier alpha value is -0.860. The third kappa shape index (κ3) is 4.82. The van der Waals surface area contributed by atoms with E-state index >= 15 is 0 Å². The summed E-state index contributed by atoms with van der Waals surface area (Å²) in [5.74, 6) is 0.795. The molecule has 0 saturated heterocycles. The minimum Gasteiger partial charge on any atom is -0.381 e. The highest BCUT2D eigenvalue weighted by molar-refractivity contribution is 5.34. The largest absolute Gasteiger partial charge is 0.381 e. The molecule has 1 aromatic carbocycles. The zero-order valence-corrected chi connectivity index (χ0v) is 13.7. The molecule has 1 N–H and O–H groups in total. The van der Waals surface area contributed by atoms with Crippen LogP contribution in [0.25, 0.3) is 0 Å². The van der Waals surface area contributed by atoms with E-state index in [1.807, 2.05) is 0 Å². The van der Waals surface area contributed by atoms with E-state index in [9.17, 15) is 0 Å². The van der Waals surface area contributed by atoms with Crippen molar-refractivity contribution in [3.8, 4) is 0 Å². The Kier molecular flexibility index (Phi) is 7.25. The fourth-order valence-electron chi connectivity index (χ4n) is 3.05. The minimum atomic E-state index is 0.443. The van der Waals surface area contributed by atoms with Gasteiger partial charge in [-0.05, 0) is 55.7 Å². The zero-order chi connectivity index (χ0) is 14.9. The fraction of sp³-hybridized carbons (Fsp3) is 0.684. The molecule has 2 rings (SSSR count). The van der Waals surface area contributed by atoms with Gasteiger partial charge in [-0.2, -0.15) is 0 Å². The van der Waals surface area contributed by atoms with E-state index < -0.39 is 0 Å². The molecule has 0 bridgehead atoms. The Balaban J connectivity index is 2.03. The van der Waals surface area contributed by atoms with Crippen molar-refractivity contribution >= 4 is 0 Å². The maximum atomic E-state index is 5.72. The van der Waals surface area contributed by atoms with Crippen LogP contribution in [0.3, 0.4) is 0 Å². The van der Waals surface area contributed by atoms with Crippen LogP contribution in [0.15, 0.2) is 24.3 Å². The number of rotatable bonds is 10. The molecule has 1 fully saturated rings. The van der Waals surface area contributed by atoms with Crippen molar-refractivity contribution in [2.24, 2.45) is 0 Å². The lowest BCUT2D eigenvalue weighted by Gasteiger charge is -2.31. The molecule has 1 aliphatic rings. The van der Waals surface area contributed by atoms with Gasteiger partial charge in [-0.15, -0.1) is 0 Å². The molecule has 0 aromatic heterocycles. The van der Waals surface area contributed by atoms with E-state index in [4.69, 9.17) is 4.74 Å². The summed E-state index contributed by atoms with van der Waals surface area (Å²) in [6, 6.07) is 9.48. The fourth-order valence-corrected chi connectivity index (χ4v) is 3.05. The standard InChI is InChI=1S/C19H31NO/c1-3-13-20-19(12-15-21-14-4-2)18-11-6-5-10-17(18)16-8-7-9-16/h5-6,10-11,16,19-20H,3-4,7-9,12-15H2,1-2H3. The maximum Gasteiger partial charge on any atom is 0.0484 e. The molecule has 2 nitrogen and oxygen atoms in total. The van der Waals surface area contributed by atoms with Crippen LogP contribution in [0.2, 0.25) is 0 Å². The Morgan fingerprint density at radius 3 is 2.62 bits per heavy atom. The van der Waals surface area contributed by atoms with E-state index in [2.05, 4.69) is 43.4 Å². The Labute approximate surface area is 130 Å². The van der Waals surface area contributed by atoms with Gasteiger partial charge in [0.15, 0.2) is 0 Å². The third-order valence-corrected chi connectivity index (χ3v) is 4.46. The van der Waals surface area contributed by atoms with Crippen molar-refractivity contribution in [2.75, 3.05) is 19.8 Å². The molecule has 0 heterocycles. The predicted octanol–water partition coefficient (Wildman–Crippen LogP) is 4.81. The highest BCUT2D eigenvalue weighted by atomic mass is 16.5. The average Bonchev–Trinajstić information content (AvgIpc) is 2.46. The van der Waals surface area contributed by atoms with Crippen LogP contribution in [0.1, 0.15) is 75.5 Å². The molecule has 1 atom stereocenters. The molecular formula is C19H31NO. The first kappa shape index (κ1) is 16.5. The smallest absolute Gasteiger partial charge is 0.0484 e. The second kappa shape index (κ2) is 9.22. The van der Waals surface area contributed by atoms with E-state index in [1.165, 1.54) is 31.2 Å². The van der Waals surface area contributed by atoms with Gasteiger partial charge in [-0.25, -0.2) is 0 Å². The van der Waals surface area contributed by atoms with Crippen molar-refractivity contribution in [3.63, 3.8) is 0 Å². The molecule has 0 spiro atoms. The highest BCUT2D eigenvalue weighted by Crippen LogP contribution is 2.39. The van der Waals surface area contributed by atoms with Crippen LogP contribution in [0.5, 0.6) is 0 Å². The van der Waals surface area contributed by atoms with Crippen molar-refractivity contribution in [2.45, 2.75) is 64.3 Å². The highest BCUT2D eigenvalue weighted by Gasteiger charge is 2.24. The van der Waals surface area contributed by atoms with Crippen LogP contribution in [0.4, 0.5) is 0 Å². The first-order valence-electron chi connectivity index (χ1n) is 8.76. The molecule has 1 saturated carbocycles. The van der Waals surface area contributed by atoms with Crippen molar-refractivity contribution in [1.29, 1.82) is 0 Å². The number of hydrogen-bond donors (Lipinski definition) is 1. The number of nitrogens with one attached hydrogen (secondary N) is 1. The second-order valence-electron chi connectivity index (χ2n) is 6.16. The normalized spacial score (nSPS) is 16.7. The van der Waals surface area contributed by atoms with Gasteiger partial charge >= 0.3 is 0 Å². The summed E-state index contributed by atoms with van der Waals surface area (Å²) in [4.78, 5) is 0. The van der Waals surface area contributed by atoms with Crippen molar-refractivity contribution in [1.82, 2.24) is 5.32 Å². The quantitative estimate of drug-likeness (QED) is 0.624. The topological polar surface area (TPSA) is 21.3 Å². The average molecular weight is 289 g/mol. The van der Waals surface area contributed by atoms with E-state index in [1.54, 1.807) is 5.56 Å². The Bertz CT molecular complexity index is 400. The molecule has 0 radical (unpaired) electrons. The van der Waals surface area contributed by atoms with Crippen molar-refractivity contribution < 1.29 is 4.74 Å². The van der Waals surface area contributed by atoms with Gasteiger partial charge < -0.3 is 10.1 Å². The van der Waals surface area contributed by atoms with Crippen molar-refractivity contribution in [3.05, 3.63) is 35.4 Å². The van der Waals surface area contributed by atoms with Gasteiger partial charge in [0.25, 0.3) is 0 Å². The number of benzene rings is 1. The summed E-state index contributed by atoms with van der Waals surface area (Å²) in [6.45, 7) is 7.21. The van der Waals surface area contributed by atoms with Gasteiger partial charge in [0.2, 0.25) is 0 Å². The first-order chi connectivity index (χ1) is 10.4. The Morgan fingerprint density at radius 2 is 1.95 bits per heavy atom. The maximum absolute atomic E-state index is 5.72. The summed E-state index contributed by atoms with van der Waals surface area (Å²) in [5.41, 5.74) is 3.09. The molecule has 1 unspecified atom stereocenters. The van der Waals surface area contributed by atoms with Crippen LogP contribution in [-0.4, -0.2) is 19.8 Å². The summed E-state index contributed by atoms with van der Waals surface area (Å²) < 4.78 is 5.72.